The molecule has 8 nitrogen and oxygen atoms in total. The van der Waals surface area contributed by atoms with E-state index in [1.54, 1.807) is 31.3 Å². The highest BCUT2D eigenvalue weighted by molar-refractivity contribution is 9.11. The van der Waals surface area contributed by atoms with Crippen LogP contribution in [0.2, 0.25) is 0 Å². The van der Waals surface area contributed by atoms with Crippen LogP contribution in [0.5, 0.6) is 17.2 Å². The molecule has 3 rings (SSSR count). The maximum atomic E-state index is 12.9. The van der Waals surface area contributed by atoms with Gasteiger partial charge >= 0.3 is 0 Å². The third kappa shape index (κ3) is 5.45. The Balaban J connectivity index is 1.86. The number of anilines is 2. The molecule has 0 saturated heterocycles. The molecule has 0 aromatic heterocycles. The first kappa shape index (κ1) is 23.3. The summed E-state index contributed by atoms with van der Waals surface area (Å²) in [5.41, 5.74) is 1.18. The summed E-state index contributed by atoms with van der Waals surface area (Å²) in [6, 6.07) is 16.6. The minimum atomic E-state index is -0.607. The van der Waals surface area contributed by atoms with Crippen molar-refractivity contribution in [3.63, 3.8) is 0 Å². The molecule has 0 radical (unpaired) electrons. The third-order valence-corrected chi connectivity index (χ3v) is 5.49. The number of amides is 2. The Bertz CT molecular complexity index is 1160. The standard InChI is InChI=1S/C22H17Br2N3O5/c1-27(14-5-3-2-4-6-14)22(30)16-11-15(7-8-19(16)28)32-21-17(23)9-13(10-18(21)24)26-20(29)12-25-31/h2-12,28,31H,1H3,(H,26,29)/b25-12+. The summed E-state index contributed by atoms with van der Waals surface area (Å²) in [7, 11) is 1.62. The first-order valence-electron chi connectivity index (χ1n) is 9.11. The van der Waals surface area contributed by atoms with Gasteiger partial charge in [-0.3, -0.25) is 9.59 Å². The number of para-hydroxylation sites is 1. The summed E-state index contributed by atoms with van der Waals surface area (Å²) in [5, 5.41) is 23.9. The quantitative estimate of drug-likeness (QED) is 0.212. The minimum Gasteiger partial charge on any atom is -0.507 e. The average Bonchev–Trinajstić information content (AvgIpc) is 2.77. The zero-order chi connectivity index (χ0) is 23.3. The van der Waals surface area contributed by atoms with E-state index < -0.39 is 11.8 Å². The van der Waals surface area contributed by atoms with Gasteiger partial charge in [0.15, 0.2) is 5.75 Å². The normalized spacial score (nSPS) is 10.7. The molecule has 0 aliphatic carbocycles. The van der Waals surface area contributed by atoms with Gasteiger partial charge in [-0.15, -0.1) is 0 Å². The Morgan fingerprint density at radius 3 is 2.34 bits per heavy atom. The van der Waals surface area contributed by atoms with Crippen LogP contribution in [0.1, 0.15) is 10.4 Å². The molecule has 3 N–H and O–H groups in total. The second kappa shape index (κ2) is 10.3. The summed E-state index contributed by atoms with van der Waals surface area (Å²) in [4.78, 5) is 25.9. The van der Waals surface area contributed by atoms with Gasteiger partial charge in [0.2, 0.25) is 0 Å². The number of nitrogens with zero attached hydrogens (tertiary/aromatic N) is 2. The van der Waals surface area contributed by atoms with Gasteiger partial charge < -0.3 is 25.3 Å². The summed E-state index contributed by atoms with van der Waals surface area (Å²) in [6.07, 6.45) is 0.730. The van der Waals surface area contributed by atoms with E-state index in [2.05, 4.69) is 42.3 Å². The molecule has 2 amide bonds. The van der Waals surface area contributed by atoms with Crippen LogP contribution < -0.4 is 15.0 Å². The van der Waals surface area contributed by atoms with Crippen molar-refractivity contribution >= 4 is 61.3 Å². The molecule has 0 aliphatic rings. The Hall–Kier alpha value is -3.37. The van der Waals surface area contributed by atoms with Crippen LogP contribution in [0.4, 0.5) is 11.4 Å². The van der Waals surface area contributed by atoms with Crippen LogP contribution in [0.25, 0.3) is 0 Å². The van der Waals surface area contributed by atoms with Gasteiger partial charge in [-0.2, -0.15) is 0 Å². The van der Waals surface area contributed by atoms with Crippen LogP contribution in [0, 0.1) is 0 Å². The molecule has 10 heteroatoms. The third-order valence-electron chi connectivity index (χ3n) is 4.31. The van der Waals surface area contributed by atoms with Crippen LogP contribution in [0.15, 0.2) is 74.8 Å². The van der Waals surface area contributed by atoms with E-state index in [1.165, 1.54) is 23.1 Å². The Morgan fingerprint density at radius 1 is 1.06 bits per heavy atom. The molecule has 32 heavy (non-hydrogen) atoms. The predicted octanol–water partition coefficient (Wildman–Crippen LogP) is 5.38. The molecule has 0 unspecified atom stereocenters. The van der Waals surface area contributed by atoms with Crippen molar-refractivity contribution in [2.75, 3.05) is 17.3 Å². The minimum absolute atomic E-state index is 0.0771. The molecule has 0 spiro atoms. The van der Waals surface area contributed by atoms with E-state index in [0.717, 1.165) is 6.21 Å². The van der Waals surface area contributed by atoms with E-state index >= 15 is 0 Å². The van der Waals surface area contributed by atoms with Crippen molar-refractivity contribution in [3.05, 3.63) is 75.2 Å². The van der Waals surface area contributed by atoms with E-state index in [9.17, 15) is 14.7 Å². The lowest BCUT2D eigenvalue weighted by Crippen LogP contribution is -2.26. The highest BCUT2D eigenvalue weighted by Gasteiger charge is 2.19. The molecule has 3 aromatic rings. The van der Waals surface area contributed by atoms with Gasteiger partial charge in [0.1, 0.15) is 17.7 Å². The molecule has 0 saturated carbocycles. The average molecular weight is 563 g/mol. The van der Waals surface area contributed by atoms with E-state index in [4.69, 9.17) is 9.94 Å². The molecule has 3 aromatic carbocycles. The zero-order valence-corrected chi connectivity index (χ0v) is 19.8. The number of hydrogen-bond donors (Lipinski definition) is 3. The van der Waals surface area contributed by atoms with Crippen LogP contribution in [-0.4, -0.2) is 35.4 Å². The molecular formula is C22H17Br2N3O5. The van der Waals surface area contributed by atoms with Gasteiger partial charge in [-0.05, 0) is 74.3 Å². The molecular weight excluding hydrogens is 546 g/mol. The van der Waals surface area contributed by atoms with Gasteiger partial charge in [0.25, 0.3) is 11.8 Å². The number of phenols is 1. The number of rotatable bonds is 6. The van der Waals surface area contributed by atoms with Crippen molar-refractivity contribution in [1.29, 1.82) is 0 Å². The lowest BCUT2D eigenvalue weighted by Gasteiger charge is -2.19. The summed E-state index contributed by atoms with van der Waals surface area (Å²) in [5.74, 6) is -0.477. The second-order valence-electron chi connectivity index (χ2n) is 6.48. The van der Waals surface area contributed by atoms with Crippen molar-refractivity contribution < 1.29 is 24.6 Å². The maximum absolute atomic E-state index is 12.9. The number of oxime groups is 1. The van der Waals surface area contributed by atoms with Gasteiger partial charge in [0.05, 0.1) is 14.5 Å². The monoisotopic (exact) mass is 561 g/mol. The van der Waals surface area contributed by atoms with Gasteiger partial charge in [0, 0.05) is 18.4 Å². The largest absolute Gasteiger partial charge is 0.507 e. The number of nitrogens with one attached hydrogen (secondary N) is 1. The van der Waals surface area contributed by atoms with Crippen molar-refractivity contribution in [1.82, 2.24) is 0 Å². The second-order valence-corrected chi connectivity index (χ2v) is 8.19. The number of halogens is 2. The summed E-state index contributed by atoms with van der Waals surface area (Å²) in [6.45, 7) is 0. The molecule has 164 valence electrons. The predicted molar refractivity (Wildman–Crippen MR) is 128 cm³/mol. The Labute approximate surface area is 200 Å². The summed E-state index contributed by atoms with van der Waals surface area (Å²) < 4.78 is 6.93. The highest BCUT2D eigenvalue weighted by atomic mass is 79.9. The van der Waals surface area contributed by atoms with E-state index in [-0.39, 0.29) is 11.3 Å². The van der Waals surface area contributed by atoms with Crippen LogP contribution in [-0.2, 0) is 4.79 Å². The molecule has 0 heterocycles. The molecule has 0 atom stereocenters. The van der Waals surface area contributed by atoms with Gasteiger partial charge in [-0.1, -0.05) is 23.4 Å². The summed E-state index contributed by atoms with van der Waals surface area (Å²) >= 11 is 6.77. The number of carbonyl (C=O) groups excluding carboxylic acids is 2. The number of ether oxygens (including phenoxy) is 1. The lowest BCUT2D eigenvalue weighted by molar-refractivity contribution is -0.110. The van der Waals surface area contributed by atoms with Crippen LogP contribution >= 0.6 is 31.9 Å². The number of aromatic hydroxyl groups is 1. The molecule has 0 fully saturated rings. The topological polar surface area (TPSA) is 111 Å². The molecule has 0 bridgehead atoms. The number of phenolic OH excluding ortho intramolecular Hbond substituents is 1. The number of benzene rings is 3. The van der Waals surface area contributed by atoms with Gasteiger partial charge in [-0.25, -0.2) is 0 Å². The number of hydrogen-bond acceptors (Lipinski definition) is 6. The Morgan fingerprint density at radius 2 is 1.72 bits per heavy atom. The van der Waals surface area contributed by atoms with Crippen LogP contribution in [0.3, 0.4) is 0 Å². The van der Waals surface area contributed by atoms with E-state index in [1.807, 2.05) is 18.2 Å². The zero-order valence-electron chi connectivity index (χ0n) is 16.6. The fourth-order valence-electron chi connectivity index (χ4n) is 2.77. The molecule has 0 aliphatic heterocycles. The van der Waals surface area contributed by atoms with Crippen molar-refractivity contribution in [2.24, 2.45) is 5.16 Å². The maximum Gasteiger partial charge on any atom is 0.270 e. The first-order chi connectivity index (χ1) is 15.3. The van der Waals surface area contributed by atoms with Crippen molar-refractivity contribution in [2.45, 2.75) is 0 Å². The SMILES string of the molecule is CN(C(=O)c1cc(Oc2c(Br)cc(NC(=O)/C=N/O)cc2Br)ccc1O)c1ccccc1. The fourth-order valence-corrected chi connectivity index (χ4v) is 4.12. The van der Waals surface area contributed by atoms with Crippen molar-refractivity contribution in [3.8, 4) is 17.2 Å². The Kier molecular flexibility index (Phi) is 7.49. The van der Waals surface area contributed by atoms with E-state index in [0.29, 0.717) is 31.8 Å². The highest BCUT2D eigenvalue weighted by Crippen LogP contribution is 2.40. The smallest absolute Gasteiger partial charge is 0.270 e. The first-order valence-corrected chi connectivity index (χ1v) is 10.7. The lowest BCUT2D eigenvalue weighted by atomic mass is 10.1. The fraction of sp³-hybridized carbons (Fsp3) is 0.0455. The number of carbonyl (C=O) groups is 2.